The number of halogens is 3. The summed E-state index contributed by atoms with van der Waals surface area (Å²) in [5.41, 5.74) is 0.640. The summed E-state index contributed by atoms with van der Waals surface area (Å²) in [6, 6.07) is 3.85. The normalized spacial score (nSPS) is 14.7. The van der Waals surface area contributed by atoms with Crippen LogP contribution in [0.1, 0.15) is 5.56 Å². The summed E-state index contributed by atoms with van der Waals surface area (Å²) >= 11 is 5.79. The molecule has 4 nitrogen and oxygen atoms in total. The molecule has 1 heterocycles. The van der Waals surface area contributed by atoms with E-state index in [1.165, 1.54) is 18.2 Å². The molecule has 2 rings (SSSR count). The molecule has 3 N–H and O–H groups in total. The van der Waals surface area contributed by atoms with Gasteiger partial charge >= 0.3 is 0 Å². The quantitative estimate of drug-likeness (QED) is 0.446. The van der Waals surface area contributed by atoms with E-state index in [9.17, 15) is 13.9 Å². The average molecular weight is 299 g/mol. The van der Waals surface area contributed by atoms with E-state index in [4.69, 9.17) is 17.0 Å². The second kappa shape index (κ2) is 5.92. The predicted molar refractivity (Wildman–Crippen MR) is 69.9 cm³/mol. The van der Waals surface area contributed by atoms with Gasteiger partial charge in [0, 0.05) is 29.9 Å². The van der Waals surface area contributed by atoms with E-state index < -0.39 is 17.5 Å². The second-order valence-corrected chi connectivity index (χ2v) is 4.54. The zero-order valence-corrected chi connectivity index (χ0v) is 11.0. The van der Waals surface area contributed by atoms with Crippen LogP contribution in [-0.2, 0) is 6.54 Å². The molecule has 0 atom stereocenters. The van der Waals surface area contributed by atoms with Crippen LogP contribution in [-0.4, -0.2) is 12.4 Å². The van der Waals surface area contributed by atoms with Crippen molar-refractivity contribution in [3.63, 3.8) is 0 Å². The van der Waals surface area contributed by atoms with E-state index in [1.807, 2.05) is 0 Å². The van der Waals surface area contributed by atoms with Crippen molar-refractivity contribution in [2.75, 3.05) is 6.54 Å². The third-order valence-corrected chi connectivity index (χ3v) is 3.05. The average Bonchev–Trinajstić information content (AvgIpc) is 2.40. The summed E-state index contributed by atoms with van der Waals surface area (Å²) in [5, 5.41) is 24.1. The lowest BCUT2D eigenvalue weighted by Crippen LogP contribution is -2.33. The van der Waals surface area contributed by atoms with Crippen molar-refractivity contribution in [3.05, 3.63) is 57.9 Å². The Kier molecular flexibility index (Phi) is 4.24. The van der Waals surface area contributed by atoms with Gasteiger partial charge in [-0.1, -0.05) is 23.7 Å². The van der Waals surface area contributed by atoms with Gasteiger partial charge in [-0.2, -0.15) is 0 Å². The topological polar surface area (TPSA) is 71.0 Å². The fourth-order valence-electron chi connectivity index (χ4n) is 1.77. The van der Waals surface area contributed by atoms with E-state index in [1.54, 1.807) is 0 Å². The van der Waals surface area contributed by atoms with Crippen LogP contribution in [0.25, 0.3) is 0 Å². The van der Waals surface area contributed by atoms with Crippen LogP contribution in [0.3, 0.4) is 0 Å². The maximum absolute atomic E-state index is 13.5. The molecule has 0 amide bonds. The van der Waals surface area contributed by atoms with Gasteiger partial charge in [0.05, 0.1) is 0 Å². The fourth-order valence-corrected chi connectivity index (χ4v) is 1.94. The molecule has 0 radical (unpaired) electrons. The lowest BCUT2D eigenvalue weighted by molar-refractivity contribution is -0.215. The summed E-state index contributed by atoms with van der Waals surface area (Å²) in [5.74, 6) is -2.74. The van der Waals surface area contributed by atoms with Gasteiger partial charge in [-0.25, -0.2) is 8.78 Å². The molecule has 1 aliphatic heterocycles. The molecule has 7 heteroatoms. The van der Waals surface area contributed by atoms with Gasteiger partial charge in [-0.3, -0.25) is 0 Å². The molecule has 0 unspecified atom stereocenters. The van der Waals surface area contributed by atoms with Crippen molar-refractivity contribution >= 4 is 17.5 Å². The Morgan fingerprint density at radius 3 is 2.90 bits per heavy atom. The minimum atomic E-state index is -0.941. The Labute approximate surface area is 119 Å². The van der Waals surface area contributed by atoms with E-state index in [0.717, 1.165) is 6.07 Å². The van der Waals surface area contributed by atoms with Crippen molar-refractivity contribution in [2.45, 2.75) is 6.54 Å². The second-order valence-electron chi connectivity index (χ2n) is 4.13. The van der Waals surface area contributed by atoms with E-state index in [0.29, 0.717) is 10.9 Å². The Morgan fingerprint density at radius 2 is 2.20 bits per heavy atom. The number of hydrogen-bond acceptors (Lipinski definition) is 4. The SMILES string of the molecule is N=C([O-])C1=C(NCc2cccc(F)c2F)C=C(Cl)NC1. The summed E-state index contributed by atoms with van der Waals surface area (Å²) in [6.07, 6.45) is 1.43. The van der Waals surface area contributed by atoms with Crippen LogP contribution in [0.15, 0.2) is 40.7 Å². The standard InChI is InChI=1S/C13H12ClF2N3O/c14-11-4-10(8(6-19-11)13(17)20)18-5-7-2-1-3-9(15)12(7)16/h1-4,18-19H,5-6H2,(H2,17,20)/p-1. The number of dihydropyridines is 1. The van der Waals surface area contributed by atoms with Crippen LogP contribution in [0, 0.1) is 17.0 Å². The predicted octanol–water partition coefficient (Wildman–Crippen LogP) is 1.33. The van der Waals surface area contributed by atoms with Crippen LogP contribution in [0.2, 0.25) is 0 Å². The lowest BCUT2D eigenvalue weighted by atomic mass is 10.1. The Balaban J connectivity index is 2.20. The van der Waals surface area contributed by atoms with Gasteiger partial charge in [0.25, 0.3) is 0 Å². The van der Waals surface area contributed by atoms with Gasteiger partial charge in [-0.05, 0) is 18.0 Å². The third kappa shape index (κ3) is 3.08. The number of nitrogens with one attached hydrogen (secondary N) is 3. The van der Waals surface area contributed by atoms with Crippen LogP contribution >= 0.6 is 11.6 Å². The highest BCUT2D eigenvalue weighted by atomic mass is 35.5. The molecule has 0 bridgehead atoms. The van der Waals surface area contributed by atoms with E-state index in [2.05, 4.69) is 10.6 Å². The first-order valence-electron chi connectivity index (χ1n) is 5.76. The third-order valence-electron chi connectivity index (χ3n) is 2.81. The molecule has 20 heavy (non-hydrogen) atoms. The number of benzene rings is 1. The number of allylic oxidation sites excluding steroid dienone is 1. The molecule has 106 valence electrons. The number of rotatable bonds is 4. The maximum atomic E-state index is 13.5. The minimum absolute atomic E-state index is 0.0175. The molecular formula is C13H11ClF2N3O-. The highest BCUT2D eigenvalue weighted by Crippen LogP contribution is 2.16. The molecule has 0 spiro atoms. The van der Waals surface area contributed by atoms with Gasteiger partial charge in [0.2, 0.25) is 0 Å². The molecule has 1 aliphatic rings. The minimum Gasteiger partial charge on any atom is -0.859 e. The fraction of sp³-hybridized carbons (Fsp3) is 0.154. The molecule has 0 fully saturated rings. The molecule has 0 saturated heterocycles. The smallest absolute Gasteiger partial charge is 0.163 e. The molecular weight excluding hydrogens is 288 g/mol. The highest BCUT2D eigenvalue weighted by molar-refractivity contribution is 6.29. The van der Waals surface area contributed by atoms with Gasteiger partial charge in [-0.15, -0.1) is 0 Å². The summed E-state index contributed by atoms with van der Waals surface area (Å²) in [4.78, 5) is 0. The first-order chi connectivity index (χ1) is 9.49. The van der Waals surface area contributed by atoms with Gasteiger partial charge in [0.1, 0.15) is 5.16 Å². The largest absolute Gasteiger partial charge is 0.859 e. The maximum Gasteiger partial charge on any atom is 0.163 e. The van der Waals surface area contributed by atoms with Crippen molar-refractivity contribution in [1.29, 1.82) is 5.41 Å². The molecule has 0 aromatic heterocycles. The zero-order chi connectivity index (χ0) is 14.7. The number of hydrogen-bond donors (Lipinski definition) is 3. The summed E-state index contributed by atoms with van der Waals surface area (Å²) in [7, 11) is 0. The summed E-state index contributed by atoms with van der Waals surface area (Å²) in [6.45, 7) is 0.0992. The first kappa shape index (κ1) is 14.3. The zero-order valence-electron chi connectivity index (χ0n) is 10.3. The molecule has 1 aromatic carbocycles. The van der Waals surface area contributed by atoms with Crippen molar-refractivity contribution in [2.24, 2.45) is 0 Å². The van der Waals surface area contributed by atoms with E-state index in [-0.39, 0.29) is 24.2 Å². The van der Waals surface area contributed by atoms with Crippen molar-refractivity contribution in [3.8, 4) is 0 Å². The summed E-state index contributed by atoms with van der Waals surface area (Å²) < 4.78 is 26.6. The van der Waals surface area contributed by atoms with Crippen molar-refractivity contribution < 1.29 is 13.9 Å². The Morgan fingerprint density at radius 1 is 1.45 bits per heavy atom. The van der Waals surface area contributed by atoms with Gasteiger partial charge in [0.15, 0.2) is 11.6 Å². The van der Waals surface area contributed by atoms with Crippen LogP contribution < -0.4 is 15.7 Å². The van der Waals surface area contributed by atoms with Crippen LogP contribution in [0.5, 0.6) is 0 Å². The van der Waals surface area contributed by atoms with E-state index >= 15 is 0 Å². The Bertz CT molecular complexity index is 614. The lowest BCUT2D eigenvalue weighted by Gasteiger charge is -2.23. The first-order valence-corrected chi connectivity index (χ1v) is 6.13. The van der Waals surface area contributed by atoms with Crippen molar-refractivity contribution in [1.82, 2.24) is 10.6 Å². The molecule has 0 saturated carbocycles. The molecule has 1 aromatic rings. The highest BCUT2D eigenvalue weighted by Gasteiger charge is 2.13. The van der Waals surface area contributed by atoms with Gasteiger partial charge < -0.3 is 21.1 Å². The van der Waals surface area contributed by atoms with Crippen LogP contribution in [0.4, 0.5) is 8.78 Å². The molecule has 0 aliphatic carbocycles. The monoisotopic (exact) mass is 298 g/mol. The Hall–Kier alpha value is -2.08.